The van der Waals surface area contributed by atoms with Crippen molar-refractivity contribution in [1.29, 1.82) is 0 Å². The minimum absolute atomic E-state index is 0.0151. The van der Waals surface area contributed by atoms with Crippen molar-refractivity contribution in [3.63, 3.8) is 0 Å². The number of hydrogen-bond donors (Lipinski definition) is 1. The van der Waals surface area contributed by atoms with Crippen LogP contribution in [0.3, 0.4) is 0 Å². The SMILES string of the molecule is COc1ccccc1CC(N)c1cccc(C2CCC2)c1. The highest BCUT2D eigenvalue weighted by Crippen LogP contribution is 2.37. The normalized spacial score (nSPS) is 16.3. The third-order valence-electron chi connectivity index (χ3n) is 4.55. The van der Waals surface area contributed by atoms with Gasteiger partial charge >= 0.3 is 0 Å². The first kappa shape index (κ1) is 14.2. The molecule has 110 valence electrons. The van der Waals surface area contributed by atoms with Crippen LogP contribution in [0.25, 0.3) is 0 Å². The fourth-order valence-corrected chi connectivity index (χ4v) is 3.01. The first-order valence-corrected chi connectivity index (χ1v) is 7.75. The van der Waals surface area contributed by atoms with E-state index in [-0.39, 0.29) is 6.04 Å². The van der Waals surface area contributed by atoms with E-state index in [1.807, 2.05) is 18.2 Å². The van der Waals surface area contributed by atoms with Gasteiger partial charge in [-0.1, -0.05) is 48.9 Å². The zero-order chi connectivity index (χ0) is 14.7. The molecule has 0 aliphatic heterocycles. The molecule has 2 N–H and O–H groups in total. The minimum atomic E-state index is 0.0151. The van der Waals surface area contributed by atoms with Crippen molar-refractivity contribution in [1.82, 2.24) is 0 Å². The summed E-state index contributed by atoms with van der Waals surface area (Å²) in [5, 5.41) is 0. The third kappa shape index (κ3) is 3.11. The molecule has 2 aromatic rings. The summed E-state index contributed by atoms with van der Waals surface area (Å²) < 4.78 is 5.42. The molecule has 1 fully saturated rings. The molecule has 2 heteroatoms. The molecule has 0 aromatic heterocycles. The quantitative estimate of drug-likeness (QED) is 0.891. The predicted molar refractivity (Wildman–Crippen MR) is 86.7 cm³/mol. The highest BCUT2D eigenvalue weighted by Gasteiger charge is 2.20. The van der Waals surface area contributed by atoms with Crippen LogP contribution in [0, 0.1) is 0 Å². The van der Waals surface area contributed by atoms with E-state index in [0.29, 0.717) is 0 Å². The summed E-state index contributed by atoms with van der Waals surface area (Å²) in [7, 11) is 1.71. The standard InChI is InChI=1S/C19H23NO/c1-21-19-11-3-2-6-17(19)13-18(20)16-10-5-9-15(12-16)14-7-4-8-14/h2-3,5-6,9-12,14,18H,4,7-8,13,20H2,1H3. The van der Waals surface area contributed by atoms with Crippen molar-refractivity contribution in [3.05, 3.63) is 65.2 Å². The van der Waals surface area contributed by atoms with Crippen molar-refractivity contribution in [2.24, 2.45) is 5.73 Å². The number of benzene rings is 2. The molecule has 2 nitrogen and oxygen atoms in total. The Hall–Kier alpha value is -1.80. The second-order valence-electron chi connectivity index (χ2n) is 5.92. The molecule has 0 saturated heterocycles. The van der Waals surface area contributed by atoms with E-state index in [9.17, 15) is 0 Å². The molecule has 1 atom stereocenters. The van der Waals surface area contributed by atoms with Crippen LogP contribution >= 0.6 is 0 Å². The Bertz CT molecular complexity index is 604. The first-order valence-electron chi connectivity index (χ1n) is 7.75. The molecular weight excluding hydrogens is 258 g/mol. The topological polar surface area (TPSA) is 35.2 Å². The maximum Gasteiger partial charge on any atom is 0.122 e. The van der Waals surface area contributed by atoms with E-state index in [4.69, 9.17) is 10.5 Å². The highest BCUT2D eigenvalue weighted by molar-refractivity contribution is 5.36. The Morgan fingerprint density at radius 2 is 1.95 bits per heavy atom. The zero-order valence-corrected chi connectivity index (χ0v) is 12.6. The Balaban J connectivity index is 1.77. The van der Waals surface area contributed by atoms with Crippen LogP contribution in [0.2, 0.25) is 0 Å². The van der Waals surface area contributed by atoms with E-state index < -0.39 is 0 Å². The maximum atomic E-state index is 6.42. The lowest BCUT2D eigenvalue weighted by atomic mass is 9.79. The smallest absolute Gasteiger partial charge is 0.122 e. The Morgan fingerprint density at radius 3 is 2.67 bits per heavy atom. The lowest BCUT2D eigenvalue weighted by Crippen LogP contribution is -2.15. The van der Waals surface area contributed by atoms with Crippen LogP contribution in [0.5, 0.6) is 5.75 Å². The first-order chi connectivity index (χ1) is 10.3. The van der Waals surface area contributed by atoms with E-state index in [2.05, 4.69) is 30.3 Å². The minimum Gasteiger partial charge on any atom is -0.496 e. The highest BCUT2D eigenvalue weighted by atomic mass is 16.5. The second-order valence-corrected chi connectivity index (χ2v) is 5.92. The van der Waals surface area contributed by atoms with Gasteiger partial charge in [0.15, 0.2) is 0 Å². The fraction of sp³-hybridized carbons (Fsp3) is 0.368. The number of nitrogens with two attached hydrogens (primary N) is 1. The van der Waals surface area contributed by atoms with Crippen LogP contribution in [0.1, 0.15) is 47.9 Å². The van der Waals surface area contributed by atoms with Gasteiger partial charge in [0.25, 0.3) is 0 Å². The van der Waals surface area contributed by atoms with Crippen LogP contribution in [0.4, 0.5) is 0 Å². The summed E-state index contributed by atoms with van der Waals surface area (Å²) in [5.74, 6) is 1.67. The molecule has 0 amide bonds. The van der Waals surface area contributed by atoms with Crippen LogP contribution in [-0.2, 0) is 6.42 Å². The van der Waals surface area contributed by atoms with Gasteiger partial charge < -0.3 is 10.5 Å². The Morgan fingerprint density at radius 1 is 1.14 bits per heavy atom. The Labute approximate surface area is 126 Å². The van der Waals surface area contributed by atoms with Gasteiger partial charge in [-0.2, -0.15) is 0 Å². The molecular formula is C19H23NO. The molecule has 1 unspecified atom stereocenters. The number of rotatable bonds is 5. The van der Waals surface area contributed by atoms with E-state index in [1.165, 1.54) is 36.0 Å². The molecule has 21 heavy (non-hydrogen) atoms. The zero-order valence-electron chi connectivity index (χ0n) is 12.6. The average molecular weight is 281 g/mol. The molecule has 1 saturated carbocycles. The van der Waals surface area contributed by atoms with Crippen LogP contribution in [0.15, 0.2) is 48.5 Å². The van der Waals surface area contributed by atoms with Crippen molar-refractivity contribution in [2.75, 3.05) is 7.11 Å². The average Bonchev–Trinajstić information content (AvgIpc) is 2.46. The molecule has 1 aliphatic carbocycles. The predicted octanol–water partition coefficient (Wildman–Crippen LogP) is 4.21. The van der Waals surface area contributed by atoms with Crippen LogP contribution < -0.4 is 10.5 Å². The van der Waals surface area contributed by atoms with Gasteiger partial charge in [0.05, 0.1) is 7.11 Å². The van der Waals surface area contributed by atoms with Crippen molar-refractivity contribution >= 4 is 0 Å². The van der Waals surface area contributed by atoms with Gasteiger partial charge in [0.2, 0.25) is 0 Å². The monoisotopic (exact) mass is 281 g/mol. The molecule has 2 aromatic carbocycles. The van der Waals surface area contributed by atoms with E-state index in [0.717, 1.165) is 18.1 Å². The molecule has 3 rings (SSSR count). The molecule has 0 spiro atoms. The van der Waals surface area contributed by atoms with E-state index in [1.54, 1.807) is 7.11 Å². The van der Waals surface area contributed by atoms with Gasteiger partial charge in [0.1, 0.15) is 5.75 Å². The fourth-order valence-electron chi connectivity index (χ4n) is 3.01. The second kappa shape index (κ2) is 6.31. The van der Waals surface area contributed by atoms with Gasteiger partial charge in [-0.05, 0) is 47.9 Å². The summed E-state index contributed by atoms with van der Waals surface area (Å²) >= 11 is 0. The van der Waals surface area contributed by atoms with Crippen molar-refractivity contribution in [3.8, 4) is 5.75 Å². The van der Waals surface area contributed by atoms with Crippen molar-refractivity contribution < 1.29 is 4.74 Å². The number of methoxy groups -OCH3 is 1. The maximum absolute atomic E-state index is 6.42. The lowest BCUT2D eigenvalue weighted by Gasteiger charge is -2.26. The summed E-state index contributed by atoms with van der Waals surface area (Å²) in [5.41, 5.74) is 10.3. The molecule has 0 heterocycles. The largest absolute Gasteiger partial charge is 0.496 e. The molecule has 0 radical (unpaired) electrons. The van der Waals surface area contributed by atoms with Gasteiger partial charge in [-0.3, -0.25) is 0 Å². The third-order valence-corrected chi connectivity index (χ3v) is 4.55. The Kier molecular flexibility index (Phi) is 4.26. The number of ether oxygens (including phenoxy) is 1. The van der Waals surface area contributed by atoms with E-state index >= 15 is 0 Å². The van der Waals surface area contributed by atoms with Crippen molar-refractivity contribution in [2.45, 2.75) is 37.6 Å². The number of hydrogen-bond acceptors (Lipinski definition) is 2. The lowest BCUT2D eigenvalue weighted by molar-refractivity contribution is 0.408. The summed E-state index contributed by atoms with van der Waals surface area (Å²) in [4.78, 5) is 0. The molecule has 0 bridgehead atoms. The summed E-state index contributed by atoms with van der Waals surface area (Å²) in [6.07, 6.45) is 4.82. The van der Waals surface area contributed by atoms with Gasteiger partial charge in [-0.25, -0.2) is 0 Å². The van der Waals surface area contributed by atoms with Crippen LogP contribution in [-0.4, -0.2) is 7.11 Å². The number of para-hydroxylation sites is 1. The summed E-state index contributed by atoms with van der Waals surface area (Å²) in [6, 6.07) is 16.9. The summed E-state index contributed by atoms with van der Waals surface area (Å²) in [6.45, 7) is 0. The van der Waals surface area contributed by atoms with Gasteiger partial charge in [0, 0.05) is 6.04 Å². The van der Waals surface area contributed by atoms with Gasteiger partial charge in [-0.15, -0.1) is 0 Å². The molecule has 1 aliphatic rings.